The van der Waals surface area contributed by atoms with E-state index in [1.807, 2.05) is 30.3 Å². The Labute approximate surface area is 176 Å². The minimum atomic E-state index is -0.488. The number of carbonyl (C=O) groups excluding carboxylic acids is 3. The number of hydrogen-bond acceptors (Lipinski definition) is 5. The minimum absolute atomic E-state index is 0.0544. The van der Waals surface area contributed by atoms with Crippen LogP contribution in [0, 0.1) is 0 Å². The summed E-state index contributed by atoms with van der Waals surface area (Å²) in [5, 5.41) is 5.56. The zero-order valence-electron chi connectivity index (χ0n) is 17.4. The van der Waals surface area contributed by atoms with Gasteiger partial charge in [0.1, 0.15) is 12.4 Å². The third-order valence-corrected chi connectivity index (χ3v) is 4.37. The summed E-state index contributed by atoms with van der Waals surface area (Å²) in [4.78, 5) is 35.1. The Kier molecular flexibility index (Phi) is 9.37. The molecule has 0 fully saturated rings. The molecule has 0 saturated heterocycles. The largest absolute Gasteiger partial charge is 0.487 e. The van der Waals surface area contributed by atoms with Gasteiger partial charge in [0.2, 0.25) is 11.8 Å². The number of ether oxygens (including phenoxy) is 2. The molecule has 0 unspecified atom stereocenters. The zero-order valence-corrected chi connectivity index (χ0v) is 17.4. The lowest BCUT2D eigenvalue weighted by Gasteiger charge is -2.14. The number of anilines is 1. The summed E-state index contributed by atoms with van der Waals surface area (Å²) in [6.07, 6.45) is 2.67. The molecule has 2 N–H and O–H groups in total. The van der Waals surface area contributed by atoms with Gasteiger partial charge in [-0.25, -0.2) is 4.79 Å². The van der Waals surface area contributed by atoms with Crippen LogP contribution >= 0.6 is 0 Å². The van der Waals surface area contributed by atoms with Crippen molar-refractivity contribution in [3.63, 3.8) is 0 Å². The quantitative estimate of drug-likeness (QED) is 0.434. The number of carbonyl (C=O) groups is 3. The Hall–Kier alpha value is -3.35. The van der Waals surface area contributed by atoms with E-state index in [0.29, 0.717) is 43.0 Å². The standard InChI is InChI=1S/C23H28N2O5/c1-17(26)24-14-8-4-7-11-22(27)25-20-15-19(23(28)29-2)12-13-21(20)30-16-18-9-5-3-6-10-18/h3,5-6,9-10,12-13,15H,4,7-8,11,14,16H2,1-2H3,(H,24,26)(H,25,27). The molecule has 0 atom stereocenters. The Morgan fingerprint density at radius 2 is 1.73 bits per heavy atom. The van der Waals surface area contributed by atoms with E-state index in [1.54, 1.807) is 18.2 Å². The van der Waals surface area contributed by atoms with E-state index < -0.39 is 5.97 Å². The van der Waals surface area contributed by atoms with Crippen LogP contribution < -0.4 is 15.4 Å². The fourth-order valence-corrected chi connectivity index (χ4v) is 2.80. The van der Waals surface area contributed by atoms with Gasteiger partial charge in [-0.2, -0.15) is 0 Å². The van der Waals surface area contributed by atoms with Gasteiger partial charge in [-0.1, -0.05) is 36.8 Å². The van der Waals surface area contributed by atoms with Crippen molar-refractivity contribution in [2.24, 2.45) is 0 Å². The van der Waals surface area contributed by atoms with Gasteiger partial charge < -0.3 is 20.1 Å². The van der Waals surface area contributed by atoms with Crippen LogP contribution in [0.3, 0.4) is 0 Å². The van der Waals surface area contributed by atoms with Crippen LogP contribution in [0.2, 0.25) is 0 Å². The van der Waals surface area contributed by atoms with Gasteiger partial charge in [0, 0.05) is 19.9 Å². The Bertz CT molecular complexity index is 852. The fraction of sp³-hybridized carbons (Fsp3) is 0.348. The maximum atomic E-state index is 12.4. The molecular formula is C23H28N2O5. The summed E-state index contributed by atoms with van der Waals surface area (Å²) >= 11 is 0. The molecule has 0 spiro atoms. The number of amides is 2. The number of esters is 1. The van der Waals surface area contributed by atoms with E-state index in [2.05, 4.69) is 10.6 Å². The van der Waals surface area contributed by atoms with Crippen molar-refractivity contribution in [2.75, 3.05) is 19.0 Å². The second kappa shape index (κ2) is 12.3. The summed E-state index contributed by atoms with van der Waals surface area (Å²) in [6, 6.07) is 14.5. The summed E-state index contributed by atoms with van der Waals surface area (Å²) in [5.41, 5.74) is 1.75. The Balaban J connectivity index is 1.97. The van der Waals surface area contributed by atoms with Crippen molar-refractivity contribution in [3.05, 3.63) is 59.7 Å². The summed E-state index contributed by atoms with van der Waals surface area (Å²) in [5.74, 6) is -0.231. The second-order valence-electron chi connectivity index (χ2n) is 6.82. The normalized spacial score (nSPS) is 10.2. The zero-order chi connectivity index (χ0) is 21.8. The third-order valence-electron chi connectivity index (χ3n) is 4.37. The highest BCUT2D eigenvalue weighted by Gasteiger charge is 2.13. The molecule has 0 heterocycles. The molecular weight excluding hydrogens is 384 g/mol. The second-order valence-corrected chi connectivity index (χ2v) is 6.82. The van der Waals surface area contributed by atoms with Gasteiger partial charge in [-0.15, -0.1) is 0 Å². The van der Waals surface area contributed by atoms with Gasteiger partial charge in [0.25, 0.3) is 0 Å². The van der Waals surface area contributed by atoms with Crippen LogP contribution in [-0.2, 0) is 20.9 Å². The van der Waals surface area contributed by atoms with Crippen LogP contribution in [0.1, 0.15) is 48.5 Å². The molecule has 0 bridgehead atoms. The highest BCUT2D eigenvalue weighted by atomic mass is 16.5. The van der Waals surface area contributed by atoms with Crippen molar-refractivity contribution >= 4 is 23.5 Å². The molecule has 2 aromatic rings. The van der Waals surface area contributed by atoms with E-state index in [1.165, 1.54) is 14.0 Å². The Morgan fingerprint density at radius 3 is 2.43 bits per heavy atom. The SMILES string of the molecule is COC(=O)c1ccc(OCc2ccccc2)c(NC(=O)CCCCCNC(C)=O)c1. The first-order valence-electron chi connectivity index (χ1n) is 9.93. The molecule has 0 aliphatic heterocycles. The minimum Gasteiger partial charge on any atom is -0.487 e. The highest BCUT2D eigenvalue weighted by molar-refractivity contribution is 5.96. The predicted octanol–water partition coefficient (Wildman–Crippen LogP) is 3.69. The molecule has 0 radical (unpaired) electrons. The van der Waals surface area contributed by atoms with E-state index in [4.69, 9.17) is 9.47 Å². The predicted molar refractivity (Wildman–Crippen MR) is 114 cm³/mol. The van der Waals surface area contributed by atoms with Crippen molar-refractivity contribution < 1.29 is 23.9 Å². The van der Waals surface area contributed by atoms with Crippen molar-refractivity contribution in [3.8, 4) is 5.75 Å². The Morgan fingerprint density at radius 1 is 0.967 bits per heavy atom. The lowest BCUT2D eigenvalue weighted by atomic mass is 10.1. The molecule has 2 aromatic carbocycles. The van der Waals surface area contributed by atoms with Gasteiger partial charge in [-0.05, 0) is 36.6 Å². The molecule has 2 rings (SSSR count). The molecule has 0 saturated carbocycles. The van der Waals surface area contributed by atoms with Gasteiger partial charge in [0.15, 0.2) is 0 Å². The summed E-state index contributed by atoms with van der Waals surface area (Å²) in [7, 11) is 1.31. The van der Waals surface area contributed by atoms with Crippen LogP contribution in [0.25, 0.3) is 0 Å². The number of rotatable bonds is 11. The summed E-state index contributed by atoms with van der Waals surface area (Å²) in [6.45, 7) is 2.42. The summed E-state index contributed by atoms with van der Waals surface area (Å²) < 4.78 is 10.6. The molecule has 160 valence electrons. The lowest BCUT2D eigenvalue weighted by Crippen LogP contribution is -2.20. The van der Waals surface area contributed by atoms with E-state index in [9.17, 15) is 14.4 Å². The first-order valence-corrected chi connectivity index (χ1v) is 9.93. The molecule has 2 amide bonds. The molecule has 0 aromatic heterocycles. The molecule has 0 aliphatic carbocycles. The monoisotopic (exact) mass is 412 g/mol. The average Bonchev–Trinajstić information content (AvgIpc) is 2.75. The van der Waals surface area contributed by atoms with Crippen molar-refractivity contribution in [1.82, 2.24) is 5.32 Å². The maximum absolute atomic E-state index is 12.4. The number of nitrogens with one attached hydrogen (secondary N) is 2. The smallest absolute Gasteiger partial charge is 0.337 e. The third kappa shape index (κ3) is 7.95. The van der Waals surface area contributed by atoms with Crippen LogP contribution in [0.15, 0.2) is 48.5 Å². The van der Waals surface area contributed by atoms with E-state index in [-0.39, 0.29) is 11.8 Å². The molecule has 7 nitrogen and oxygen atoms in total. The van der Waals surface area contributed by atoms with Crippen LogP contribution in [0.5, 0.6) is 5.75 Å². The average molecular weight is 412 g/mol. The first kappa shape index (κ1) is 22.9. The maximum Gasteiger partial charge on any atom is 0.337 e. The van der Waals surface area contributed by atoms with E-state index in [0.717, 1.165) is 18.4 Å². The number of benzene rings is 2. The molecule has 0 aliphatic rings. The van der Waals surface area contributed by atoms with Gasteiger partial charge in [-0.3, -0.25) is 9.59 Å². The van der Waals surface area contributed by atoms with Crippen LogP contribution in [-0.4, -0.2) is 31.4 Å². The fourth-order valence-electron chi connectivity index (χ4n) is 2.80. The number of methoxy groups -OCH3 is 1. The molecule has 7 heteroatoms. The van der Waals surface area contributed by atoms with Gasteiger partial charge in [0.05, 0.1) is 18.4 Å². The highest BCUT2D eigenvalue weighted by Crippen LogP contribution is 2.27. The van der Waals surface area contributed by atoms with Crippen LogP contribution in [0.4, 0.5) is 5.69 Å². The first-order chi connectivity index (χ1) is 14.5. The van der Waals surface area contributed by atoms with E-state index >= 15 is 0 Å². The lowest BCUT2D eigenvalue weighted by molar-refractivity contribution is -0.119. The number of unbranched alkanes of at least 4 members (excludes halogenated alkanes) is 2. The van der Waals surface area contributed by atoms with Crippen molar-refractivity contribution in [2.45, 2.75) is 39.2 Å². The van der Waals surface area contributed by atoms with Crippen molar-refractivity contribution in [1.29, 1.82) is 0 Å². The number of hydrogen-bond donors (Lipinski definition) is 2. The molecule has 30 heavy (non-hydrogen) atoms. The topological polar surface area (TPSA) is 93.7 Å². The van der Waals surface area contributed by atoms with Gasteiger partial charge >= 0.3 is 5.97 Å².